The van der Waals surface area contributed by atoms with Crippen molar-refractivity contribution in [2.45, 2.75) is 12.4 Å². The third-order valence-corrected chi connectivity index (χ3v) is 3.97. The smallest absolute Gasteiger partial charge is 0.419 e. The van der Waals surface area contributed by atoms with Crippen molar-refractivity contribution >= 4 is 11.6 Å². The van der Waals surface area contributed by atoms with E-state index >= 15 is 0 Å². The molecule has 0 N–H and O–H groups in total. The predicted molar refractivity (Wildman–Crippen MR) is 90.0 cm³/mol. The summed E-state index contributed by atoms with van der Waals surface area (Å²) in [6.07, 6.45) is -9.15. The van der Waals surface area contributed by atoms with Crippen LogP contribution >= 0.6 is 11.6 Å². The van der Waals surface area contributed by atoms with Gasteiger partial charge in [-0.3, -0.25) is 0 Å². The lowest BCUT2D eigenvalue weighted by Crippen LogP contribution is -2.08. The lowest BCUT2D eigenvalue weighted by Gasteiger charge is -2.13. The van der Waals surface area contributed by atoms with Gasteiger partial charge in [-0.2, -0.15) is 40.7 Å². The lowest BCUT2D eigenvalue weighted by molar-refractivity contribution is -0.140. The Labute approximate surface area is 173 Å². The number of benzene rings is 2. The first kappa shape index (κ1) is 22.5. The Balaban J connectivity index is 1.90. The van der Waals surface area contributed by atoms with Gasteiger partial charge in [0.15, 0.2) is 0 Å². The first-order valence-corrected chi connectivity index (χ1v) is 8.33. The molecule has 0 aliphatic rings. The van der Waals surface area contributed by atoms with Crippen molar-refractivity contribution in [3.05, 3.63) is 70.5 Å². The van der Waals surface area contributed by atoms with Gasteiger partial charge in [-0.05, 0) is 36.4 Å². The summed E-state index contributed by atoms with van der Waals surface area (Å²) in [5.41, 5.74) is -2.90. The molecule has 13 heteroatoms. The molecule has 0 bridgehead atoms. The van der Waals surface area contributed by atoms with E-state index in [1.165, 1.54) is 0 Å². The van der Waals surface area contributed by atoms with E-state index in [1.54, 1.807) is 0 Å². The highest BCUT2D eigenvalue weighted by atomic mass is 35.5. The molecule has 31 heavy (non-hydrogen) atoms. The van der Waals surface area contributed by atoms with Gasteiger partial charge >= 0.3 is 12.4 Å². The molecule has 2 aromatic carbocycles. The van der Waals surface area contributed by atoms with Crippen molar-refractivity contribution in [1.82, 2.24) is 9.97 Å². The maximum Gasteiger partial charge on any atom is 0.419 e. The van der Waals surface area contributed by atoms with Gasteiger partial charge in [0.25, 0.3) is 11.8 Å². The van der Waals surface area contributed by atoms with Crippen molar-refractivity contribution in [2.75, 3.05) is 0 Å². The first-order chi connectivity index (χ1) is 14.4. The quantitative estimate of drug-likeness (QED) is 0.384. The standard InChI is InChI=1S/C18H7ClF8N2O2/c19-12-3-1-8(5-10(12)17(22,23)24)30-15-14(21)16(29-7-28-15)31-9-2-4-13(20)11(6-9)18(25,26)27/h1-7H. The molecule has 1 heterocycles. The molecule has 0 fully saturated rings. The normalized spacial score (nSPS) is 12.0. The monoisotopic (exact) mass is 470 g/mol. The largest absolute Gasteiger partial charge is 0.436 e. The maximum absolute atomic E-state index is 14.6. The van der Waals surface area contributed by atoms with Crippen molar-refractivity contribution in [2.24, 2.45) is 0 Å². The second-order valence-electron chi connectivity index (χ2n) is 5.78. The number of rotatable bonds is 4. The molecule has 0 unspecified atom stereocenters. The summed E-state index contributed by atoms with van der Waals surface area (Å²) >= 11 is 5.48. The number of nitrogens with zero attached hydrogens (tertiary/aromatic N) is 2. The van der Waals surface area contributed by atoms with Gasteiger partial charge in [0.05, 0.1) is 16.1 Å². The van der Waals surface area contributed by atoms with Gasteiger partial charge in [-0.1, -0.05) is 11.6 Å². The van der Waals surface area contributed by atoms with E-state index in [-0.39, 0.29) is 6.07 Å². The van der Waals surface area contributed by atoms with E-state index in [0.29, 0.717) is 18.5 Å². The molecular formula is C18H7ClF8N2O2. The molecule has 164 valence electrons. The topological polar surface area (TPSA) is 44.2 Å². The van der Waals surface area contributed by atoms with Crippen LogP contribution in [0.4, 0.5) is 35.1 Å². The third-order valence-electron chi connectivity index (χ3n) is 3.64. The molecule has 0 saturated heterocycles. The molecule has 0 aliphatic carbocycles. The van der Waals surface area contributed by atoms with E-state index < -0.39 is 63.4 Å². The Hall–Kier alpha value is -3.15. The van der Waals surface area contributed by atoms with Crippen LogP contribution in [-0.4, -0.2) is 9.97 Å². The second-order valence-corrected chi connectivity index (χ2v) is 6.19. The van der Waals surface area contributed by atoms with E-state index in [1.807, 2.05) is 0 Å². The number of aromatic nitrogens is 2. The van der Waals surface area contributed by atoms with Crippen molar-refractivity contribution < 1.29 is 44.6 Å². The Bertz CT molecular complexity index is 1030. The summed E-state index contributed by atoms with van der Waals surface area (Å²) in [7, 11) is 0. The van der Waals surface area contributed by atoms with E-state index in [2.05, 4.69) is 9.97 Å². The molecule has 0 atom stereocenters. The fourth-order valence-corrected chi connectivity index (χ4v) is 2.50. The van der Waals surface area contributed by atoms with Gasteiger partial charge in [0.1, 0.15) is 23.6 Å². The number of alkyl halides is 6. The van der Waals surface area contributed by atoms with Crippen LogP contribution in [0.1, 0.15) is 11.1 Å². The summed E-state index contributed by atoms with van der Waals surface area (Å²) in [5, 5.41) is -0.621. The molecule has 0 spiro atoms. The van der Waals surface area contributed by atoms with Crippen LogP contribution in [0.25, 0.3) is 0 Å². The van der Waals surface area contributed by atoms with Gasteiger partial charge in [0.2, 0.25) is 5.82 Å². The predicted octanol–water partition coefficient (Wildman–Crippen LogP) is 7.03. The maximum atomic E-state index is 14.6. The highest BCUT2D eigenvalue weighted by molar-refractivity contribution is 6.31. The number of halogens is 9. The van der Waals surface area contributed by atoms with E-state index in [0.717, 1.165) is 18.2 Å². The zero-order valence-corrected chi connectivity index (χ0v) is 15.4. The fraction of sp³-hybridized carbons (Fsp3) is 0.111. The zero-order chi connectivity index (χ0) is 23.0. The number of hydrogen-bond acceptors (Lipinski definition) is 4. The van der Waals surface area contributed by atoms with Crippen LogP contribution in [0, 0.1) is 11.6 Å². The van der Waals surface area contributed by atoms with Crippen molar-refractivity contribution in [3.8, 4) is 23.3 Å². The fourth-order valence-electron chi connectivity index (χ4n) is 2.27. The van der Waals surface area contributed by atoms with Crippen LogP contribution in [0.2, 0.25) is 5.02 Å². The van der Waals surface area contributed by atoms with Crippen molar-refractivity contribution in [1.29, 1.82) is 0 Å². The Kier molecular flexibility index (Phi) is 5.94. The van der Waals surface area contributed by atoms with Gasteiger partial charge < -0.3 is 9.47 Å². The van der Waals surface area contributed by atoms with Gasteiger partial charge in [-0.15, -0.1) is 0 Å². The zero-order valence-electron chi connectivity index (χ0n) is 14.7. The molecule has 0 saturated carbocycles. The Morgan fingerprint density at radius 3 is 1.71 bits per heavy atom. The van der Waals surface area contributed by atoms with Gasteiger partial charge in [0, 0.05) is 0 Å². The molecular weight excluding hydrogens is 464 g/mol. The van der Waals surface area contributed by atoms with E-state index in [9.17, 15) is 35.1 Å². The summed E-state index contributed by atoms with van der Waals surface area (Å²) < 4.78 is 115. The first-order valence-electron chi connectivity index (χ1n) is 7.96. The number of ether oxygens (including phenoxy) is 2. The van der Waals surface area contributed by atoms with E-state index in [4.69, 9.17) is 21.1 Å². The SMILES string of the molecule is Fc1ccc(Oc2ncnc(Oc3ccc(Cl)c(C(F)(F)F)c3)c2F)cc1C(F)(F)F. The number of hydrogen-bond donors (Lipinski definition) is 0. The highest BCUT2D eigenvalue weighted by Gasteiger charge is 2.35. The average Bonchev–Trinajstić information content (AvgIpc) is 2.66. The minimum absolute atomic E-state index is 0.284. The molecule has 0 amide bonds. The average molecular weight is 471 g/mol. The van der Waals surface area contributed by atoms with Crippen LogP contribution < -0.4 is 9.47 Å². The third kappa shape index (κ3) is 5.13. The lowest BCUT2D eigenvalue weighted by atomic mass is 10.2. The molecule has 0 aliphatic heterocycles. The molecule has 3 rings (SSSR count). The molecule has 0 radical (unpaired) electrons. The molecule has 3 aromatic rings. The van der Waals surface area contributed by atoms with Crippen LogP contribution in [0.15, 0.2) is 42.7 Å². The highest BCUT2D eigenvalue weighted by Crippen LogP contribution is 2.39. The van der Waals surface area contributed by atoms with Crippen LogP contribution in [0.3, 0.4) is 0 Å². The summed E-state index contributed by atoms with van der Waals surface area (Å²) in [5.74, 6) is -5.88. The summed E-state index contributed by atoms with van der Waals surface area (Å²) in [6.45, 7) is 0. The summed E-state index contributed by atoms with van der Waals surface area (Å²) in [4.78, 5) is 6.82. The molecule has 1 aromatic heterocycles. The minimum atomic E-state index is -5.04. The molecule has 4 nitrogen and oxygen atoms in total. The summed E-state index contributed by atoms with van der Waals surface area (Å²) in [6, 6.07) is 3.91. The second kappa shape index (κ2) is 8.17. The minimum Gasteiger partial charge on any atom is -0.436 e. The van der Waals surface area contributed by atoms with Gasteiger partial charge in [-0.25, -0.2) is 4.39 Å². The van der Waals surface area contributed by atoms with Crippen LogP contribution in [0.5, 0.6) is 23.3 Å². The Morgan fingerprint density at radius 2 is 1.19 bits per heavy atom. The Morgan fingerprint density at radius 1 is 0.710 bits per heavy atom. The van der Waals surface area contributed by atoms with Crippen LogP contribution in [-0.2, 0) is 12.4 Å². The van der Waals surface area contributed by atoms with Crippen molar-refractivity contribution in [3.63, 3.8) is 0 Å².